The summed E-state index contributed by atoms with van der Waals surface area (Å²) in [6.45, 7) is 1.72. The van der Waals surface area contributed by atoms with E-state index in [4.69, 9.17) is 0 Å². The van der Waals surface area contributed by atoms with Crippen molar-refractivity contribution in [3.8, 4) is 17.3 Å². The van der Waals surface area contributed by atoms with Crippen molar-refractivity contribution in [2.45, 2.75) is 6.92 Å². The molecule has 0 aliphatic carbocycles. The molecule has 0 spiro atoms. The van der Waals surface area contributed by atoms with Crippen molar-refractivity contribution < 1.29 is 9.85 Å². The average Bonchev–Trinajstić information content (AvgIpc) is 3.19. The van der Waals surface area contributed by atoms with Crippen molar-refractivity contribution in [3.63, 3.8) is 0 Å². The first-order valence-electron chi connectivity index (χ1n) is 8.21. The largest absolute Gasteiger partial charge is 0.360 e. The second-order valence-corrected chi connectivity index (χ2v) is 6.77. The normalized spacial score (nSPS) is 11.0. The number of hydrogen-bond acceptors (Lipinski definition) is 8. The van der Waals surface area contributed by atoms with Crippen molar-refractivity contribution in [1.29, 1.82) is 5.26 Å². The Morgan fingerprint density at radius 1 is 1.17 bits per heavy atom. The van der Waals surface area contributed by atoms with Gasteiger partial charge in [-0.15, -0.1) is 11.3 Å². The monoisotopic (exact) mass is 407 g/mol. The molecule has 9 nitrogen and oxygen atoms in total. The van der Waals surface area contributed by atoms with Crippen LogP contribution in [0.1, 0.15) is 10.6 Å². The molecule has 3 aromatic rings. The minimum Gasteiger partial charge on any atom is -0.360 e. The van der Waals surface area contributed by atoms with Gasteiger partial charge in [0.15, 0.2) is 0 Å². The van der Waals surface area contributed by atoms with Crippen LogP contribution >= 0.6 is 11.3 Å². The van der Waals surface area contributed by atoms with Crippen LogP contribution in [0.25, 0.3) is 16.8 Å². The van der Waals surface area contributed by atoms with E-state index in [1.54, 1.807) is 30.5 Å². The van der Waals surface area contributed by atoms with E-state index in [1.807, 2.05) is 0 Å². The lowest BCUT2D eigenvalue weighted by Crippen LogP contribution is -1.95. The molecular formula is C19H13N5O4S. The number of benzene rings is 2. The Labute approximate surface area is 168 Å². The smallest absolute Gasteiger partial charge is 0.270 e. The fraction of sp³-hybridized carbons (Fsp3) is 0.0526. The summed E-state index contributed by atoms with van der Waals surface area (Å²) >= 11 is 1.24. The van der Waals surface area contributed by atoms with Crippen molar-refractivity contribution in [3.05, 3.63) is 84.8 Å². The number of non-ortho nitro benzene ring substituents is 2. The molecule has 0 unspecified atom stereocenters. The van der Waals surface area contributed by atoms with Crippen LogP contribution in [0, 0.1) is 38.5 Å². The van der Waals surface area contributed by atoms with Crippen LogP contribution in [0.5, 0.6) is 0 Å². The van der Waals surface area contributed by atoms with Gasteiger partial charge in [0, 0.05) is 47.1 Å². The molecule has 0 saturated heterocycles. The standard InChI is InChI=1S/C19H13N5O4S/c1-12-7-16(24(27)28)5-6-17(12)21-10-14(9-20)19-22-18(11-29-19)13-3-2-4-15(8-13)23(25)26/h2-8,10-11,21H,1H3/b14-10+. The summed E-state index contributed by atoms with van der Waals surface area (Å²) in [5.74, 6) is 0. The Morgan fingerprint density at radius 3 is 2.55 bits per heavy atom. The van der Waals surface area contributed by atoms with E-state index in [0.717, 1.165) is 0 Å². The third-order valence-corrected chi connectivity index (χ3v) is 4.88. The third-order valence-electron chi connectivity index (χ3n) is 4.00. The molecule has 2 aromatic carbocycles. The predicted molar refractivity (Wildman–Crippen MR) is 109 cm³/mol. The van der Waals surface area contributed by atoms with Gasteiger partial charge in [0.2, 0.25) is 0 Å². The molecule has 0 bridgehead atoms. The minimum atomic E-state index is -0.478. The maximum absolute atomic E-state index is 10.9. The summed E-state index contributed by atoms with van der Waals surface area (Å²) in [7, 11) is 0. The number of nitro groups is 2. The fourth-order valence-electron chi connectivity index (χ4n) is 2.52. The summed E-state index contributed by atoms with van der Waals surface area (Å²) in [5.41, 5.74) is 2.61. The van der Waals surface area contributed by atoms with Gasteiger partial charge in [-0.3, -0.25) is 20.2 Å². The van der Waals surface area contributed by atoms with Gasteiger partial charge in [0.25, 0.3) is 11.4 Å². The number of nitrogens with zero attached hydrogens (tertiary/aromatic N) is 4. The van der Waals surface area contributed by atoms with E-state index in [2.05, 4.69) is 16.4 Å². The van der Waals surface area contributed by atoms with E-state index in [-0.39, 0.29) is 16.9 Å². The number of thiazole rings is 1. The number of aromatic nitrogens is 1. The second-order valence-electron chi connectivity index (χ2n) is 5.92. The SMILES string of the molecule is Cc1cc([N+](=O)[O-])ccc1N/C=C(\C#N)c1nc(-c2cccc([N+](=O)[O-])c2)cs1. The van der Waals surface area contributed by atoms with Crippen LogP contribution in [-0.2, 0) is 0 Å². The first-order valence-corrected chi connectivity index (χ1v) is 9.09. The molecule has 0 fully saturated rings. The first kappa shape index (κ1) is 19.7. The van der Waals surface area contributed by atoms with E-state index in [9.17, 15) is 25.5 Å². The summed E-state index contributed by atoms with van der Waals surface area (Å²) in [6, 6.07) is 12.5. The van der Waals surface area contributed by atoms with Crippen LogP contribution in [0.4, 0.5) is 17.1 Å². The van der Waals surface area contributed by atoms with Gasteiger partial charge in [0.05, 0.1) is 15.5 Å². The Kier molecular flexibility index (Phi) is 5.61. The van der Waals surface area contributed by atoms with Crippen molar-refractivity contribution in [2.75, 3.05) is 5.32 Å². The zero-order valence-electron chi connectivity index (χ0n) is 15.0. The summed E-state index contributed by atoms with van der Waals surface area (Å²) in [4.78, 5) is 25.2. The number of aryl methyl sites for hydroxylation is 1. The molecule has 0 atom stereocenters. The molecule has 0 amide bonds. The van der Waals surface area contributed by atoms with Crippen LogP contribution in [0.3, 0.4) is 0 Å². The van der Waals surface area contributed by atoms with Crippen molar-refractivity contribution >= 4 is 34.0 Å². The number of allylic oxidation sites excluding steroid dienone is 1. The molecular weight excluding hydrogens is 394 g/mol. The minimum absolute atomic E-state index is 0.0148. The van der Waals surface area contributed by atoms with Gasteiger partial charge in [-0.25, -0.2) is 4.98 Å². The quantitative estimate of drug-likeness (QED) is 0.348. The molecule has 1 N–H and O–H groups in total. The molecule has 10 heteroatoms. The number of hydrogen-bond donors (Lipinski definition) is 1. The Bertz CT molecular complexity index is 1180. The van der Waals surface area contributed by atoms with E-state index in [0.29, 0.717) is 27.5 Å². The van der Waals surface area contributed by atoms with Gasteiger partial charge >= 0.3 is 0 Å². The first-order chi connectivity index (χ1) is 13.9. The van der Waals surface area contributed by atoms with Gasteiger partial charge in [-0.1, -0.05) is 12.1 Å². The number of anilines is 1. The molecule has 3 rings (SSSR count). The van der Waals surface area contributed by atoms with Gasteiger partial charge < -0.3 is 5.32 Å². The zero-order valence-corrected chi connectivity index (χ0v) is 15.8. The maximum Gasteiger partial charge on any atom is 0.270 e. The van der Waals surface area contributed by atoms with Gasteiger partial charge in [-0.2, -0.15) is 5.26 Å². The summed E-state index contributed by atoms with van der Waals surface area (Å²) < 4.78 is 0. The Balaban J connectivity index is 1.84. The second kappa shape index (κ2) is 8.28. The van der Waals surface area contributed by atoms with E-state index < -0.39 is 9.85 Å². The lowest BCUT2D eigenvalue weighted by Gasteiger charge is -2.05. The third kappa shape index (κ3) is 4.42. The van der Waals surface area contributed by atoms with Gasteiger partial charge in [-0.05, 0) is 18.6 Å². The molecule has 144 valence electrons. The van der Waals surface area contributed by atoms with Gasteiger partial charge in [0.1, 0.15) is 16.6 Å². The van der Waals surface area contributed by atoms with Crippen molar-refractivity contribution in [2.24, 2.45) is 0 Å². The zero-order chi connectivity index (χ0) is 21.0. The number of nitriles is 1. The molecule has 29 heavy (non-hydrogen) atoms. The highest BCUT2D eigenvalue weighted by molar-refractivity contribution is 7.11. The molecule has 0 radical (unpaired) electrons. The molecule has 1 aromatic heterocycles. The van der Waals surface area contributed by atoms with E-state index >= 15 is 0 Å². The van der Waals surface area contributed by atoms with E-state index in [1.165, 1.54) is 41.8 Å². The maximum atomic E-state index is 10.9. The van der Waals surface area contributed by atoms with Crippen LogP contribution in [-0.4, -0.2) is 14.8 Å². The van der Waals surface area contributed by atoms with Crippen LogP contribution in [0.15, 0.2) is 54.0 Å². The number of rotatable bonds is 6. The summed E-state index contributed by atoms with van der Waals surface area (Å²) in [5, 5.41) is 36.4. The Morgan fingerprint density at radius 2 is 1.90 bits per heavy atom. The summed E-state index contributed by atoms with van der Waals surface area (Å²) in [6.07, 6.45) is 1.48. The highest BCUT2D eigenvalue weighted by Gasteiger charge is 2.13. The highest BCUT2D eigenvalue weighted by atomic mass is 32.1. The number of nitrogens with one attached hydrogen (secondary N) is 1. The predicted octanol–water partition coefficient (Wildman–Crippen LogP) is 4.91. The van der Waals surface area contributed by atoms with Crippen LogP contribution < -0.4 is 5.32 Å². The molecule has 1 heterocycles. The van der Waals surface area contributed by atoms with Crippen LogP contribution in [0.2, 0.25) is 0 Å². The molecule has 0 aliphatic heterocycles. The highest BCUT2D eigenvalue weighted by Crippen LogP contribution is 2.28. The molecule has 0 saturated carbocycles. The lowest BCUT2D eigenvalue weighted by atomic mass is 10.1. The van der Waals surface area contributed by atoms with Crippen molar-refractivity contribution in [1.82, 2.24) is 4.98 Å². The Hall–Kier alpha value is -4.10. The fourth-order valence-corrected chi connectivity index (χ4v) is 3.32. The number of nitro benzene ring substituents is 2. The average molecular weight is 407 g/mol. The lowest BCUT2D eigenvalue weighted by molar-refractivity contribution is -0.385. The molecule has 0 aliphatic rings. The topological polar surface area (TPSA) is 135 Å².